The number of nitrogen functional groups attached to an aromatic ring is 1. The van der Waals surface area contributed by atoms with Crippen molar-refractivity contribution in [3.8, 4) is 0 Å². The minimum Gasteiger partial charge on any atom is -0.313 e. The molecular weight excluding hydrogens is 248 g/mol. The number of hydrogen-bond acceptors (Lipinski definition) is 7. The van der Waals surface area contributed by atoms with Crippen LogP contribution in [-0.2, 0) is 6.54 Å². The van der Waals surface area contributed by atoms with Gasteiger partial charge in [0.15, 0.2) is 0 Å². The maximum absolute atomic E-state index is 5.43. The van der Waals surface area contributed by atoms with Gasteiger partial charge in [0.2, 0.25) is 0 Å². The smallest absolute Gasteiger partial charge is 0.148 e. The number of piperazine rings is 1. The molecule has 0 saturated carbocycles. The van der Waals surface area contributed by atoms with Gasteiger partial charge in [0.25, 0.3) is 0 Å². The molecule has 102 valence electrons. The van der Waals surface area contributed by atoms with Crippen molar-refractivity contribution in [2.75, 3.05) is 31.6 Å². The predicted octanol–water partition coefficient (Wildman–Crippen LogP) is 0.740. The predicted molar refractivity (Wildman–Crippen MR) is 74.3 cm³/mol. The van der Waals surface area contributed by atoms with Crippen molar-refractivity contribution >= 4 is 16.5 Å². The molecule has 0 amide bonds. The number of hydrazine groups is 1. The zero-order valence-corrected chi connectivity index (χ0v) is 11.9. The summed E-state index contributed by atoms with van der Waals surface area (Å²) in [5, 5.41) is 5.00. The second-order valence-corrected chi connectivity index (χ2v) is 5.52. The minimum atomic E-state index is 0.689. The quantitative estimate of drug-likeness (QED) is 0.607. The van der Waals surface area contributed by atoms with E-state index in [-0.39, 0.29) is 0 Å². The summed E-state index contributed by atoms with van der Waals surface area (Å²) in [6.45, 7) is 9.84. The van der Waals surface area contributed by atoms with Crippen LogP contribution < -0.4 is 11.3 Å². The number of anilines is 1. The highest BCUT2D eigenvalue weighted by atomic mass is 32.1. The monoisotopic (exact) mass is 270 g/mol. The Balaban J connectivity index is 1.83. The van der Waals surface area contributed by atoms with Crippen molar-refractivity contribution in [1.29, 1.82) is 0 Å². The minimum absolute atomic E-state index is 0.689. The first-order valence-electron chi connectivity index (χ1n) is 6.48. The lowest BCUT2D eigenvalue weighted by atomic mass is 10.2. The van der Waals surface area contributed by atoms with E-state index in [0.29, 0.717) is 6.04 Å². The molecule has 1 aliphatic rings. The van der Waals surface area contributed by atoms with E-state index in [1.54, 1.807) is 0 Å². The van der Waals surface area contributed by atoms with Gasteiger partial charge in [-0.2, -0.15) is 0 Å². The normalized spacial score (nSPS) is 19.9. The Labute approximate surface area is 112 Å². The summed E-state index contributed by atoms with van der Waals surface area (Å²) in [6, 6.07) is 0.689. The van der Waals surface area contributed by atoms with E-state index in [9.17, 15) is 0 Å². The molecule has 1 aromatic rings. The molecule has 1 fully saturated rings. The van der Waals surface area contributed by atoms with Crippen LogP contribution in [0.4, 0.5) is 5.00 Å². The van der Waals surface area contributed by atoms with Gasteiger partial charge in [-0.05, 0) is 13.3 Å². The fourth-order valence-corrected chi connectivity index (χ4v) is 2.74. The summed E-state index contributed by atoms with van der Waals surface area (Å²) >= 11 is 1.31. The van der Waals surface area contributed by atoms with Gasteiger partial charge in [-0.3, -0.25) is 9.80 Å². The average Bonchev–Trinajstić information content (AvgIpc) is 2.86. The molecule has 0 aliphatic carbocycles. The van der Waals surface area contributed by atoms with E-state index in [1.807, 2.05) is 0 Å². The third-order valence-electron chi connectivity index (χ3n) is 3.68. The Bertz CT molecular complexity index is 360. The van der Waals surface area contributed by atoms with Crippen LogP contribution in [0, 0.1) is 0 Å². The van der Waals surface area contributed by atoms with Gasteiger partial charge in [0.1, 0.15) is 10.7 Å². The van der Waals surface area contributed by atoms with E-state index in [2.05, 4.69) is 38.7 Å². The highest BCUT2D eigenvalue weighted by Gasteiger charge is 2.21. The van der Waals surface area contributed by atoms with Crippen LogP contribution in [0.3, 0.4) is 0 Å². The molecule has 2 rings (SSSR count). The molecule has 6 nitrogen and oxygen atoms in total. The van der Waals surface area contributed by atoms with Crippen LogP contribution in [0.2, 0.25) is 0 Å². The molecular formula is C11H22N6S. The van der Waals surface area contributed by atoms with E-state index < -0.39 is 0 Å². The fraction of sp³-hybridized carbons (Fsp3) is 0.818. The van der Waals surface area contributed by atoms with E-state index in [1.165, 1.54) is 18.0 Å². The second-order valence-electron chi connectivity index (χ2n) is 4.76. The highest BCUT2D eigenvalue weighted by Crippen LogP contribution is 2.19. The SMILES string of the molecule is CCC(C)N1CCN(Cc2nnsc2NN)CC1. The van der Waals surface area contributed by atoms with Gasteiger partial charge in [0.05, 0.1) is 0 Å². The summed E-state index contributed by atoms with van der Waals surface area (Å²) in [5.74, 6) is 5.43. The zero-order valence-electron chi connectivity index (χ0n) is 11.1. The molecule has 7 heteroatoms. The largest absolute Gasteiger partial charge is 0.313 e. The molecule has 18 heavy (non-hydrogen) atoms. The lowest BCUT2D eigenvalue weighted by Crippen LogP contribution is -2.49. The Morgan fingerprint density at radius 2 is 2.11 bits per heavy atom. The maximum Gasteiger partial charge on any atom is 0.148 e. The van der Waals surface area contributed by atoms with Crippen LogP contribution in [0.1, 0.15) is 26.0 Å². The number of nitrogens with two attached hydrogens (primary N) is 1. The molecule has 0 spiro atoms. The highest BCUT2D eigenvalue weighted by molar-refractivity contribution is 7.10. The summed E-state index contributed by atoms with van der Waals surface area (Å²) < 4.78 is 3.93. The lowest BCUT2D eigenvalue weighted by Gasteiger charge is -2.37. The maximum atomic E-state index is 5.43. The lowest BCUT2D eigenvalue weighted by molar-refractivity contribution is 0.0957. The van der Waals surface area contributed by atoms with Crippen molar-refractivity contribution in [1.82, 2.24) is 19.4 Å². The van der Waals surface area contributed by atoms with Gasteiger partial charge >= 0.3 is 0 Å². The number of nitrogens with one attached hydrogen (secondary N) is 1. The summed E-state index contributed by atoms with van der Waals surface area (Å²) in [7, 11) is 0. The van der Waals surface area contributed by atoms with E-state index in [4.69, 9.17) is 5.84 Å². The number of hydrogen-bond donors (Lipinski definition) is 2. The van der Waals surface area contributed by atoms with Gasteiger partial charge in [0, 0.05) is 50.3 Å². The molecule has 0 aromatic carbocycles. The molecule has 0 radical (unpaired) electrons. The Morgan fingerprint density at radius 1 is 1.39 bits per heavy atom. The van der Waals surface area contributed by atoms with Crippen LogP contribution in [-0.4, -0.2) is 51.6 Å². The van der Waals surface area contributed by atoms with Crippen LogP contribution in [0.5, 0.6) is 0 Å². The van der Waals surface area contributed by atoms with E-state index in [0.717, 1.165) is 43.4 Å². The number of aromatic nitrogens is 2. The molecule has 2 heterocycles. The van der Waals surface area contributed by atoms with Crippen LogP contribution >= 0.6 is 11.5 Å². The molecule has 1 atom stereocenters. The van der Waals surface area contributed by atoms with Gasteiger partial charge in [-0.25, -0.2) is 5.84 Å². The van der Waals surface area contributed by atoms with Crippen LogP contribution in [0.25, 0.3) is 0 Å². The third-order valence-corrected chi connectivity index (χ3v) is 4.38. The molecule has 1 unspecified atom stereocenters. The van der Waals surface area contributed by atoms with Gasteiger partial charge < -0.3 is 5.43 Å². The molecule has 1 saturated heterocycles. The van der Waals surface area contributed by atoms with Crippen molar-refractivity contribution < 1.29 is 0 Å². The first kappa shape index (κ1) is 13.7. The van der Waals surface area contributed by atoms with Crippen molar-refractivity contribution in [2.24, 2.45) is 5.84 Å². The van der Waals surface area contributed by atoms with Crippen molar-refractivity contribution in [2.45, 2.75) is 32.9 Å². The summed E-state index contributed by atoms with van der Waals surface area (Å²) in [4.78, 5) is 4.97. The Morgan fingerprint density at radius 3 is 2.72 bits per heavy atom. The standard InChI is InChI=1S/C11H22N6S/c1-3-9(2)17-6-4-16(5-7-17)8-10-11(13-12)18-15-14-10/h9,13H,3-8,12H2,1-2H3. The molecule has 1 aliphatic heterocycles. The summed E-state index contributed by atoms with van der Waals surface area (Å²) in [6.07, 6.45) is 1.22. The Hall–Kier alpha value is -0.760. The molecule has 0 bridgehead atoms. The average molecular weight is 270 g/mol. The van der Waals surface area contributed by atoms with E-state index >= 15 is 0 Å². The zero-order chi connectivity index (χ0) is 13.0. The number of nitrogens with zero attached hydrogens (tertiary/aromatic N) is 4. The van der Waals surface area contributed by atoms with Gasteiger partial charge in [-0.1, -0.05) is 11.4 Å². The topological polar surface area (TPSA) is 70.3 Å². The first-order valence-corrected chi connectivity index (χ1v) is 7.26. The van der Waals surface area contributed by atoms with Gasteiger partial charge in [-0.15, -0.1) is 5.10 Å². The molecule has 3 N–H and O–H groups in total. The number of rotatable bonds is 5. The fourth-order valence-electron chi connectivity index (χ4n) is 2.25. The van der Waals surface area contributed by atoms with Crippen molar-refractivity contribution in [3.63, 3.8) is 0 Å². The van der Waals surface area contributed by atoms with Crippen LogP contribution in [0.15, 0.2) is 0 Å². The molecule has 1 aromatic heterocycles. The Kier molecular flexibility index (Phi) is 4.87. The third kappa shape index (κ3) is 3.17. The summed E-state index contributed by atoms with van der Waals surface area (Å²) in [5.41, 5.74) is 3.62. The first-order chi connectivity index (χ1) is 8.74. The van der Waals surface area contributed by atoms with Crippen molar-refractivity contribution in [3.05, 3.63) is 5.69 Å². The second kappa shape index (κ2) is 6.42.